The van der Waals surface area contributed by atoms with Gasteiger partial charge in [0.1, 0.15) is 16.8 Å². The molecular formula is C21H16N2OS. The number of rotatable bonds is 5. The molecule has 3 aromatic rings. The van der Waals surface area contributed by atoms with E-state index in [4.69, 9.17) is 4.74 Å². The molecule has 0 aliphatic carbocycles. The third-order valence-electron chi connectivity index (χ3n) is 3.59. The monoisotopic (exact) mass is 344 g/mol. The second-order valence-corrected chi connectivity index (χ2v) is 6.09. The Hall–Kier alpha value is -3.16. The van der Waals surface area contributed by atoms with E-state index in [1.54, 1.807) is 13.2 Å². The van der Waals surface area contributed by atoms with Crippen molar-refractivity contribution in [2.24, 2.45) is 0 Å². The molecule has 0 spiro atoms. The smallest absolute Gasteiger partial charge is 0.134 e. The van der Waals surface area contributed by atoms with Gasteiger partial charge in [0.05, 0.1) is 18.4 Å². The van der Waals surface area contributed by atoms with Crippen molar-refractivity contribution in [2.45, 2.75) is 0 Å². The molecule has 1 heterocycles. The highest BCUT2D eigenvalue weighted by atomic mass is 32.1. The summed E-state index contributed by atoms with van der Waals surface area (Å²) in [4.78, 5) is 4.59. The number of hydrogen-bond donors (Lipinski definition) is 0. The number of aromatic nitrogens is 1. The molecule has 122 valence electrons. The van der Waals surface area contributed by atoms with Gasteiger partial charge < -0.3 is 4.74 Å². The summed E-state index contributed by atoms with van der Waals surface area (Å²) in [7, 11) is 1.64. The maximum absolute atomic E-state index is 9.42. The van der Waals surface area contributed by atoms with Crippen LogP contribution >= 0.6 is 11.3 Å². The summed E-state index contributed by atoms with van der Waals surface area (Å²) in [5, 5.41) is 12.1. The lowest BCUT2D eigenvalue weighted by Crippen LogP contribution is -1.84. The van der Waals surface area contributed by atoms with E-state index in [1.165, 1.54) is 11.3 Å². The van der Waals surface area contributed by atoms with Gasteiger partial charge in [0, 0.05) is 10.9 Å². The van der Waals surface area contributed by atoms with Gasteiger partial charge in [-0.1, -0.05) is 42.5 Å². The number of nitrogens with zero attached hydrogens (tertiary/aromatic N) is 2. The van der Waals surface area contributed by atoms with E-state index in [-0.39, 0.29) is 0 Å². The SMILES string of the molecule is COc1ccc(-c2csc(/C(C#N)=C/C=C/c3ccccc3)n2)cc1. The number of hydrogen-bond acceptors (Lipinski definition) is 4. The van der Waals surface area contributed by atoms with Crippen LogP contribution in [0, 0.1) is 11.3 Å². The molecule has 2 aromatic carbocycles. The Labute approximate surface area is 151 Å². The molecule has 0 radical (unpaired) electrons. The molecule has 3 nitrogen and oxygen atoms in total. The van der Waals surface area contributed by atoms with E-state index in [0.717, 1.165) is 22.6 Å². The van der Waals surface area contributed by atoms with E-state index < -0.39 is 0 Å². The number of thiazole rings is 1. The summed E-state index contributed by atoms with van der Waals surface area (Å²) in [5.41, 5.74) is 3.50. The van der Waals surface area contributed by atoms with E-state index in [2.05, 4.69) is 11.1 Å². The quantitative estimate of drug-likeness (QED) is 0.457. The minimum Gasteiger partial charge on any atom is -0.497 e. The first-order valence-electron chi connectivity index (χ1n) is 7.74. The normalized spacial score (nSPS) is 11.4. The second kappa shape index (κ2) is 8.09. The highest BCUT2D eigenvalue weighted by Crippen LogP contribution is 2.27. The summed E-state index contributed by atoms with van der Waals surface area (Å²) in [5.74, 6) is 0.808. The van der Waals surface area contributed by atoms with Gasteiger partial charge in [0.15, 0.2) is 0 Å². The fourth-order valence-corrected chi connectivity index (χ4v) is 3.07. The van der Waals surface area contributed by atoms with Crippen molar-refractivity contribution >= 4 is 23.0 Å². The summed E-state index contributed by atoms with van der Waals surface area (Å²) in [6.45, 7) is 0. The molecule has 0 bridgehead atoms. The van der Waals surface area contributed by atoms with Gasteiger partial charge in [0.25, 0.3) is 0 Å². The first kappa shape index (κ1) is 16.7. The van der Waals surface area contributed by atoms with Crippen LogP contribution in [-0.4, -0.2) is 12.1 Å². The van der Waals surface area contributed by atoms with Gasteiger partial charge in [-0.25, -0.2) is 4.98 Å². The summed E-state index contributed by atoms with van der Waals surface area (Å²) in [6.07, 6.45) is 5.64. The molecule has 0 aliphatic rings. The maximum Gasteiger partial charge on any atom is 0.134 e. The van der Waals surface area contributed by atoms with Gasteiger partial charge in [0.2, 0.25) is 0 Å². The minimum atomic E-state index is 0.553. The fraction of sp³-hybridized carbons (Fsp3) is 0.0476. The Kier molecular flexibility index (Phi) is 5.40. The molecule has 0 aliphatic heterocycles. The molecule has 0 N–H and O–H groups in total. The van der Waals surface area contributed by atoms with Crippen molar-refractivity contribution in [3.8, 4) is 23.1 Å². The zero-order chi connectivity index (χ0) is 17.5. The Balaban J connectivity index is 1.80. The van der Waals surface area contributed by atoms with Crippen molar-refractivity contribution in [3.63, 3.8) is 0 Å². The van der Waals surface area contributed by atoms with Gasteiger partial charge >= 0.3 is 0 Å². The van der Waals surface area contributed by atoms with Gasteiger partial charge in [-0.05, 0) is 35.9 Å². The molecule has 25 heavy (non-hydrogen) atoms. The Morgan fingerprint density at radius 2 is 1.88 bits per heavy atom. The Bertz CT molecular complexity index is 932. The molecule has 0 saturated heterocycles. The van der Waals surface area contributed by atoms with Crippen LogP contribution in [-0.2, 0) is 0 Å². The van der Waals surface area contributed by atoms with E-state index in [9.17, 15) is 5.26 Å². The first-order valence-corrected chi connectivity index (χ1v) is 8.62. The maximum atomic E-state index is 9.42. The molecule has 0 saturated carbocycles. The van der Waals surface area contributed by atoms with Gasteiger partial charge in [-0.3, -0.25) is 0 Å². The highest BCUT2D eigenvalue weighted by molar-refractivity contribution is 7.11. The molecular weight excluding hydrogens is 328 g/mol. The van der Waals surface area contributed by atoms with Crippen molar-refractivity contribution in [3.05, 3.63) is 82.7 Å². The average molecular weight is 344 g/mol. The number of benzene rings is 2. The predicted molar refractivity (Wildman–Crippen MR) is 103 cm³/mol. The Morgan fingerprint density at radius 1 is 1.12 bits per heavy atom. The molecule has 3 rings (SSSR count). The van der Waals surface area contributed by atoms with Crippen LogP contribution < -0.4 is 4.74 Å². The first-order chi connectivity index (χ1) is 12.3. The molecule has 0 amide bonds. The van der Waals surface area contributed by atoms with Crippen LogP contribution in [0.15, 0.2) is 72.1 Å². The largest absolute Gasteiger partial charge is 0.497 e. The number of allylic oxidation sites excluding steroid dienone is 3. The minimum absolute atomic E-state index is 0.553. The van der Waals surface area contributed by atoms with Gasteiger partial charge in [-0.2, -0.15) is 5.26 Å². The standard InChI is InChI=1S/C21H16N2OS/c1-24-19-12-10-17(11-13-19)20-15-25-21(23-20)18(14-22)9-5-8-16-6-3-2-4-7-16/h2-13,15H,1H3/b8-5+,18-9+. The zero-order valence-electron chi connectivity index (χ0n) is 13.7. The molecule has 0 fully saturated rings. The molecule has 4 heteroatoms. The number of ether oxygens (including phenoxy) is 1. The van der Waals surface area contributed by atoms with Crippen molar-refractivity contribution < 1.29 is 4.74 Å². The summed E-state index contributed by atoms with van der Waals surface area (Å²) >= 11 is 1.47. The molecule has 0 unspecified atom stereocenters. The van der Waals surface area contributed by atoms with Crippen LogP contribution in [0.25, 0.3) is 22.9 Å². The van der Waals surface area contributed by atoms with Crippen LogP contribution in [0.3, 0.4) is 0 Å². The molecule has 0 atom stereocenters. The number of nitriles is 1. The lowest BCUT2D eigenvalue weighted by atomic mass is 10.1. The van der Waals surface area contributed by atoms with Crippen LogP contribution in [0.1, 0.15) is 10.6 Å². The highest BCUT2D eigenvalue weighted by Gasteiger charge is 2.08. The van der Waals surface area contributed by atoms with E-state index >= 15 is 0 Å². The summed E-state index contributed by atoms with van der Waals surface area (Å²) < 4.78 is 5.17. The Morgan fingerprint density at radius 3 is 2.56 bits per heavy atom. The fourth-order valence-electron chi connectivity index (χ4n) is 2.27. The topological polar surface area (TPSA) is 45.9 Å². The predicted octanol–water partition coefficient (Wildman–Crippen LogP) is 5.44. The molecule has 1 aromatic heterocycles. The lowest BCUT2D eigenvalue weighted by molar-refractivity contribution is 0.415. The van der Waals surface area contributed by atoms with Crippen LogP contribution in [0.5, 0.6) is 5.75 Å². The third kappa shape index (κ3) is 4.23. The van der Waals surface area contributed by atoms with E-state index in [1.807, 2.05) is 72.1 Å². The summed E-state index contributed by atoms with van der Waals surface area (Å²) in [6, 6.07) is 19.9. The van der Waals surface area contributed by atoms with Crippen molar-refractivity contribution in [2.75, 3.05) is 7.11 Å². The third-order valence-corrected chi connectivity index (χ3v) is 4.47. The van der Waals surface area contributed by atoms with Crippen molar-refractivity contribution in [1.29, 1.82) is 5.26 Å². The number of methoxy groups -OCH3 is 1. The van der Waals surface area contributed by atoms with E-state index in [0.29, 0.717) is 10.6 Å². The zero-order valence-corrected chi connectivity index (χ0v) is 14.5. The second-order valence-electron chi connectivity index (χ2n) is 5.23. The van der Waals surface area contributed by atoms with Crippen LogP contribution in [0.2, 0.25) is 0 Å². The van der Waals surface area contributed by atoms with Crippen molar-refractivity contribution in [1.82, 2.24) is 4.98 Å². The average Bonchev–Trinajstić information content (AvgIpc) is 3.16. The lowest BCUT2D eigenvalue weighted by Gasteiger charge is -2.00. The van der Waals surface area contributed by atoms with Crippen LogP contribution in [0.4, 0.5) is 0 Å². The van der Waals surface area contributed by atoms with Gasteiger partial charge in [-0.15, -0.1) is 11.3 Å².